The van der Waals surface area contributed by atoms with Gasteiger partial charge in [0.2, 0.25) is 0 Å². The van der Waals surface area contributed by atoms with E-state index in [0.717, 1.165) is 29.7 Å². The molecule has 5 nitrogen and oxygen atoms in total. The highest BCUT2D eigenvalue weighted by Crippen LogP contribution is 2.31. The van der Waals surface area contributed by atoms with Gasteiger partial charge in [0.05, 0.1) is 5.41 Å². The fraction of sp³-hybridized carbons (Fsp3) is 0.556. The number of aryl methyl sites for hydroxylation is 3. The molecule has 2 N–H and O–H groups in total. The first-order valence-electron chi connectivity index (χ1n) is 8.22. The molecule has 0 spiro atoms. The van der Waals surface area contributed by atoms with E-state index in [4.69, 9.17) is 0 Å². The maximum atomic E-state index is 12.6. The number of urea groups is 1. The van der Waals surface area contributed by atoms with Crippen molar-refractivity contribution >= 4 is 17.7 Å². The maximum Gasteiger partial charge on any atom is 0.321 e. The van der Waals surface area contributed by atoms with Crippen LogP contribution in [0.1, 0.15) is 43.9 Å². The summed E-state index contributed by atoms with van der Waals surface area (Å²) in [6.07, 6.45) is 2.18. The van der Waals surface area contributed by atoms with Crippen LogP contribution >= 0.6 is 0 Å². The summed E-state index contributed by atoms with van der Waals surface area (Å²) in [4.78, 5) is 25.5. The summed E-state index contributed by atoms with van der Waals surface area (Å²) in [5.74, 6) is -0.841. The minimum absolute atomic E-state index is 0.205. The van der Waals surface area contributed by atoms with Crippen molar-refractivity contribution in [2.75, 3.05) is 18.4 Å². The summed E-state index contributed by atoms with van der Waals surface area (Å²) in [5.41, 5.74) is 3.47. The third kappa shape index (κ3) is 3.49. The molecule has 2 amide bonds. The fourth-order valence-corrected chi connectivity index (χ4v) is 3.16. The van der Waals surface area contributed by atoms with Crippen molar-refractivity contribution in [3.63, 3.8) is 0 Å². The first-order chi connectivity index (χ1) is 10.8. The van der Waals surface area contributed by atoms with Gasteiger partial charge in [0.25, 0.3) is 0 Å². The lowest BCUT2D eigenvalue weighted by molar-refractivity contribution is -0.146. The van der Waals surface area contributed by atoms with Crippen LogP contribution in [0.4, 0.5) is 10.5 Å². The number of amides is 2. The Hall–Kier alpha value is -2.04. The van der Waals surface area contributed by atoms with Crippen molar-refractivity contribution < 1.29 is 14.7 Å². The number of anilines is 1. The SMILES string of the molecule is CCc1cc(C)cc(CC)c1NC(=O)N1CCC(C)(C(=O)O)C1. The average molecular weight is 318 g/mol. The van der Waals surface area contributed by atoms with Crippen LogP contribution in [0.5, 0.6) is 0 Å². The second-order valence-electron chi connectivity index (χ2n) is 6.63. The summed E-state index contributed by atoms with van der Waals surface area (Å²) in [6.45, 7) is 8.63. The molecular weight excluding hydrogens is 292 g/mol. The van der Waals surface area contributed by atoms with E-state index in [9.17, 15) is 14.7 Å². The van der Waals surface area contributed by atoms with Gasteiger partial charge in [-0.05, 0) is 44.2 Å². The Morgan fingerprint density at radius 1 is 1.26 bits per heavy atom. The van der Waals surface area contributed by atoms with E-state index in [0.29, 0.717) is 13.0 Å². The molecule has 0 radical (unpaired) electrons. The van der Waals surface area contributed by atoms with Gasteiger partial charge in [-0.3, -0.25) is 4.79 Å². The van der Waals surface area contributed by atoms with Crippen molar-refractivity contribution in [1.82, 2.24) is 4.90 Å². The number of nitrogens with one attached hydrogen (secondary N) is 1. The molecule has 0 aliphatic carbocycles. The van der Waals surface area contributed by atoms with Gasteiger partial charge in [0.15, 0.2) is 0 Å². The zero-order valence-corrected chi connectivity index (χ0v) is 14.4. The van der Waals surface area contributed by atoms with Gasteiger partial charge >= 0.3 is 12.0 Å². The van der Waals surface area contributed by atoms with Gasteiger partial charge in [0.1, 0.15) is 0 Å². The predicted molar refractivity (Wildman–Crippen MR) is 90.9 cm³/mol. The van der Waals surface area contributed by atoms with Crippen LogP contribution in [0.25, 0.3) is 0 Å². The monoisotopic (exact) mass is 318 g/mol. The van der Waals surface area contributed by atoms with Gasteiger partial charge in [0, 0.05) is 18.8 Å². The number of carbonyl (C=O) groups is 2. The minimum atomic E-state index is -0.841. The molecule has 2 rings (SSSR count). The Labute approximate surface area is 137 Å². The van der Waals surface area contributed by atoms with Crippen molar-refractivity contribution in [2.45, 2.75) is 47.0 Å². The second kappa shape index (κ2) is 6.60. The van der Waals surface area contributed by atoms with E-state index < -0.39 is 11.4 Å². The first-order valence-corrected chi connectivity index (χ1v) is 8.22. The van der Waals surface area contributed by atoms with Crippen molar-refractivity contribution in [2.24, 2.45) is 5.41 Å². The van der Waals surface area contributed by atoms with Crippen LogP contribution in [-0.4, -0.2) is 35.1 Å². The highest BCUT2D eigenvalue weighted by atomic mass is 16.4. The molecule has 1 unspecified atom stereocenters. The number of hydrogen-bond acceptors (Lipinski definition) is 2. The average Bonchev–Trinajstić information content (AvgIpc) is 2.92. The van der Waals surface area contributed by atoms with E-state index in [1.807, 2.05) is 0 Å². The van der Waals surface area contributed by atoms with Crippen LogP contribution in [0, 0.1) is 12.3 Å². The molecule has 1 aromatic carbocycles. The number of carboxylic acid groups (broad SMARTS) is 1. The number of hydrogen-bond donors (Lipinski definition) is 2. The molecule has 5 heteroatoms. The number of likely N-dealkylation sites (tertiary alicyclic amines) is 1. The summed E-state index contributed by atoms with van der Waals surface area (Å²) in [7, 11) is 0. The minimum Gasteiger partial charge on any atom is -0.481 e. The number of nitrogens with zero attached hydrogens (tertiary/aromatic N) is 1. The van der Waals surface area contributed by atoms with Crippen LogP contribution in [0.2, 0.25) is 0 Å². The third-order valence-corrected chi connectivity index (χ3v) is 4.72. The van der Waals surface area contributed by atoms with Crippen LogP contribution in [0.3, 0.4) is 0 Å². The van der Waals surface area contributed by atoms with Crippen molar-refractivity contribution in [3.8, 4) is 0 Å². The van der Waals surface area contributed by atoms with Gasteiger partial charge in [-0.25, -0.2) is 4.79 Å². The fourth-order valence-electron chi connectivity index (χ4n) is 3.16. The summed E-state index contributed by atoms with van der Waals surface area (Å²) >= 11 is 0. The van der Waals surface area contributed by atoms with Crippen molar-refractivity contribution in [1.29, 1.82) is 0 Å². The molecule has 0 saturated carbocycles. The van der Waals surface area contributed by atoms with E-state index in [1.54, 1.807) is 11.8 Å². The molecule has 1 aromatic rings. The quantitative estimate of drug-likeness (QED) is 0.893. The molecule has 1 fully saturated rings. The zero-order valence-electron chi connectivity index (χ0n) is 14.4. The Kier molecular flexibility index (Phi) is 4.97. The van der Waals surface area contributed by atoms with Crippen molar-refractivity contribution in [3.05, 3.63) is 28.8 Å². The number of benzene rings is 1. The van der Waals surface area contributed by atoms with Gasteiger partial charge in [-0.2, -0.15) is 0 Å². The highest BCUT2D eigenvalue weighted by Gasteiger charge is 2.42. The maximum absolute atomic E-state index is 12.6. The molecule has 1 aliphatic rings. The predicted octanol–water partition coefficient (Wildman–Crippen LogP) is 3.45. The molecule has 1 atom stereocenters. The standard InChI is InChI=1S/C18H26N2O3/c1-5-13-9-12(3)10-14(6-2)15(13)19-17(23)20-8-7-18(4,11-20)16(21)22/h9-10H,5-8,11H2,1-4H3,(H,19,23)(H,21,22). The normalized spacial score (nSPS) is 20.6. The first kappa shape index (κ1) is 17.3. The van der Waals surface area contributed by atoms with Gasteiger partial charge < -0.3 is 15.3 Å². The van der Waals surface area contributed by atoms with Crippen LogP contribution in [0.15, 0.2) is 12.1 Å². The lowest BCUT2D eigenvalue weighted by Crippen LogP contribution is -2.37. The molecule has 0 bridgehead atoms. The lowest BCUT2D eigenvalue weighted by Gasteiger charge is -2.22. The summed E-state index contributed by atoms with van der Waals surface area (Å²) in [6, 6.07) is 3.99. The Bertz CT molecular complexity index is 602. The molecule has 1 saturated heterocycles. The van der Waals surface area contributed by atoms with Crippen LogP contribution in [-0.2, 0) is 17.6 Å². The molecular formula is C18H26N2O3. The van der Waals surface area contributed by atoms with E-state index in [-0.39, 0.29) is 12.6 Å². The topological polar surface area (TPSA) is 69.6 Å². The van der Waals surface area contributed by atoms with E-state index in [2.05, 4.69) is 38.2 Å². The summed E-state index contributed by atoms with van der Waals surface area (Å²) < 4.78 is 0. The van der Waals surface area contributed by atoms with Crippen LogP contribution < -0.4 is 5.32 Å². The smallest absolute Gasteiger partial charge is 0.321 e. The number of carboxylic acids is 1. The van der Waals surface area contributed by atoms with Gasteiger partial charge in [-0.1, -0.05) is 31.5 Å². The lowest BCUT2D eigenvalue weighted by atomic mass is 9.90. The third-order valence-electron chi connectivity index (χ3n) is 4.72. The molecule has 126 valence electrons. The number of carbonyl (C=O) groups excluding carboxylic acids is 1. The van der Waals surface area contributed by atoms with E-state index in [1.165, 1.54) is 5.56 Å². The second-order valence-corrected chi connectivity index (χ2v) is 6.63. The molecule has 1 heterocycles. The highest BCUT2D eigenvalue weighted by molar-refractivity contribution is 5.92. The summed E-state index contributed by atoms with van der Waals surface area (Å²) in [5, 5.41) is 12.3. The van der Waals surface area contributed by atoms with E-state index >= 15 is 0 Å². The number of rotatable bonds is 4. The Morgan fingerprint density at radius 2 is 1.83 bits per heavy atom. The largest absolute Gasteiger partial charge is 0.481 e. The molecule has 0 aromatic heterocycles. The zero-order chi connectivity index (χ0) is 17.2. The van der Waals surface area contributed by atoms with Gasteiger partial charge in [-0.15, -0.1) is 0 Å². The molecule has 1 aliphatic heterocycles. The Morgan fingerprint density at radius 3 is 2.26 bits per heavy atom. The Balaban J connectivity index is 2.20. The molecule has 23 heavy (non-hydrogen) atoms. The number of aliphatic carboxylic acids is 1.